The molecule has 0 bridgehead atoms. The van der Waals surface area contributed by atoms with Gasteiger partial charge in [0.15, 0.2) is 0 Å². The molecule has 0 amide bonds. The Morgan fingerprint density at radius 3 is 2.50 bits per heavy atom. The summed E-state index contributed by atoms with van der Waals surface area (Å²) < 4.78 is 19.3. The van der Waals surface area contributed by atoms with Crippen LogP contribution in [0.1, 0.15) is 24.1 Å². The molecule has 0 unspecified atom stereocenters. The molecule has 0 radical (unpaired) electrons. The van der Waals surface area contributed by atoms with E-state index in [0.717, 1.165) is 5.56 Å². The molecule has 0 aliphatic carbocycles. The molecular formula is C15H16FNO. The topological polar surface area (TPSA) is 35.2 Å². The summed E-state index contributed by atoms with van der Waals surface area (Å²) >= 11 is 0. The van der Waals surface area contributed by atoms with Gasteiger partial charge in [0.2, 0.25) is 0 Å². The molecule has 3 heteroatoms. The number of hydrogen-bond donors (Lipinski definition) is 1. The van der Waals surface area contributed by atoms with Gasteiger partial charge in [-0.3, -0.25) is 0 Å². The Kier molecular flexibility index (Phi) is 3.95. The van der Waals surface area contributed by atoms with Crippen LogP contribution in [-0.4, -0.2) is 0 Å². The SMILES string of the molecule is C[C@@H](N)c1c(F)cccc1OCc1ccccc1. The van der Waals surface area contributed by atoms with Crippen LogP contribution >= 0.6 is 0 Å². The van der Waals surface area contributed by atoms with Crippen LogP contribution in [-0.2, 0) is 6.61 Å². The van der Waals surface area contributed by atoms with Crippen LogP contribution in [0.15, 0.2) is 48.5 Å². The van der Waals surface area contributed by atoms with Gasteiger partial charge in [-0.1, -0.05) is 36.4 Å². The predicted molar refractivity (Wildman–Crippen MR) is 69.8 cm³/mol. The Morgan fingerprint density at radius 2 is 1.83 bits per heavy atom. The summed E-state index contributed by atoms with van der Waals surface area (Å²) in [7, 11) is 0. The second-order valence-corrected chi connectivity index (χ2v) is 4.21. The number of hydrogen-bond acceptors (Lipinski definition) is 2. The van der Waals surface area contributed by atoms with Crippen LogP contribution in [0.4, 0.5) is 4.39 Å². The van der Waals surface area contributed by atoms with E-state index >= 15 is 0 Å². The van der Waals surface area contributed by atoms with E-state index in [9.17, 15) is 4.39 Å². The third kappa shape index (κ3) is 2.87. The predicted octanol–water partition coefficient (Wildman–Crippen LogP) is 3.42. The summed E-state index contributed by atoms with van der Waals surface area (Å²) in [5.41, 5.74) is 7.23. The van der Waals surface area contributed by atoms with Crippen LogP contribution in [0, 0.1) is 5.82 Å². The third-order valence-electron chi connectivity index (χ3n) is 2.71. The number of benzene rings is 2. The molecule has 2 aromatic rings. The van der Waals surface area contributed by atoms with E-state index in [1.54, 1.807) is 19.1 Å². The first-order chi connectivity index (χ1) is 8.68. The fourth-order valence-electron chi connectivity index (χ4n) is 1.82. The van der Waals surface area contributed by atoms with Crippen molar-refractivity contribution in [3.63, 3.8) is 0 Å². The van der Waals surface area contributed by atoms with Crippen molar-refractivity contribution in [2.45, 2.75) is 19.6 Å². The maximum absolute atomic E-state index is 13.7. The van der Waals surface area contributed by atoms with Gasteiger partial charge in [0.05, 0.1) is 0 Å². The highest BCUT2D eigenvalue weighted by molar-refractivity contribution is 5.37. The first-order valence-electron chi connectivity index (χ1n) is 5.89. The Bertz CT molecular complexity index is 511. The van der Waals surface area contributed by atoms with E-state index in [2.05, 4.69) is 0 Å². The van der Waals surface area contributed by atoms with Crippen LogP contribution in [0.5, 0.6) is 5.75 Å². The molecule has 0 fully saturated rings. The van der Waals surface area contributed by atoms with Gasteiger partial charge in [-0.2, -0.15) is 0 Å². The van der Waals surface area contributed by atoms with Gasteiger partial charge in [-0.05, 0) is 24.6 Å². The van der Waals surface area contributed by atoms with E-state index in [0.29, 0.717) is 17.9 Å². The summed E-state index contributed by atoms with van der Waals surface area (Å²) in [6.45, 7) is 2.15. The third-order valence-corrected chi connectivity index (χ3v) is 2.71. The first-order valence-corrected chi connectivity index (χ1v) is 5.89. The second-order valence-electron chi connectivity index (χ2n) is 4.21. The second kappa shape index (κ2) is 5.65. The molecule has 2 nitrogen and oxygen atoms in total. The lowest BCUT2D eigenvalue weighted by Crippen LogP contribution is -2.10. The van der Waals surface area contributed by atoms with E-state index in [1.165, 1.54) is 6.07 Å². The molecule has 94 valence electrons. The zero-order chi connectivity index (χ0) is 13.0. The molecule has 0 aliphatic rings. The first kappa shape index (κ1) is 12.6. The zero-order valence-corrected chi connectivity index (χ0v) is 10.3. The molecule has 1 atom stereocenters. The Morgan fingerprint density at radius 1 is 1.11 bits per heavy atom. The van der Waals surface area contributed by atoms with Crippen molar-refractivity contribution in [1.29, 1.82) is 0 Å². The normalized spacial score (nSPS) is 12.2. The van der Waals surface area contributed by atoms with Crippen LogP contribution in [0.3, 0.4) is 0 Å². The highest BCUT2D eigenvalue weighted by Crippen LogP contribution is 2.27. The average molecular weight is 245 g/mol. The van der Waals surface area contributed by atoms with E-state index in [4.69, 9.17) is 10.5 Å². The molecule has 0 heterocycles. The summed E-state index contributed by atoms with van der Waals surface area (Å²) in [6, 6.07) is 14.1. The zero-order valence-electron chi connectivity index (χ0n) is 10.3. The van der Waals surface area contributed by atoms with Gasteiger partial charge in [0.1, 0.15) is 18.2 Å². The minimum Gasteiger partial charge on any atom is -0.488 e. The van der Waals surface area contributed by atoms with Gasteiger partial charge in [0.25, 0.3) is 0 Å². The summed E-state index contributed by atoms with van der Waals surface area (Å²) in [4.78, 5) is 0. The Labute approximate surface area is 106 Å². The van der Waals surface area contributed by atoms with Crippen molar-refractivity contribution < 1.29 is 9.13 Å². The number of ether oxygens (including phenoxy) is 1. The Balaban J connectivity index is 2.17. The largest absolute Gasteiger partial charge is 0.488 e. The lowest BCUT2D eigenvalue weighted by atomic mass is 10.1. The number of rotatable bonds is 4. The van der Waals surface area contributed by atoms with Gasteiger partial charge >= 0.3 is 0 Å². The van der Waals surface area contributed by atoms with Gasteiger partial charge in [0, 0.05) is 11.6 Å². The number of halogens is 1. The maximum Gasteiger partial charge on any atom is 0.131 e. The molecule has 2 aromatic carbocycles. The van der Waals surface area contributed by atoms with Gasteiger partial charge in [-0.25, -0.2) is 4.39 Å². The van der Waals surface area contributed by atoms with Crippen LogP contribution < -0.4 is 10.5 Å². The standard InChI is InChI=1S/C15H16FNO/c1-11(17)15-13(16)8-5-9-14(15)18-10-12-6-3-2-4-7-12/h2-9,11H,10,17H2,1H3/t11-/m1/s1. The van der Waals surface area contributed by atoms with Gasteiger partial charge in [-0.15, -0.1) is 0 Å². The highest BCUT2D eigenvalue weighted by Gasteiger charge is 2.13. The van der Waals surface area contributed by atoms with Crippen LogP contribution in [0.2, 0.25) is 0 Å². The van der Waals surface area contributed by atoms with E-state index in [-0.39, 0.29) is 5.82 Å². The Hall–Kier alpha value is -1.87. The minimum atomic E-state index is -0.392. The van der Waals surface area contributed by atoms with Crippen molar-refractivity contribution in [2.75, 3.05) is 0 Å². The van der Waals surface area contributed by atoms with E-state index < -0.39 is 6.04 Å². The molecule has 18 heavy (non-hydrogen) atoms. The van der Waals surface area contributed by atoms with Crippen molar-refractivity contribution in [2.24, 2.45) is 5.73 Å². The monoisotopic (exact) mass is 245 g/mol. The fourth-order valence-corrected chi connectivity index (χ4v) is 1.82. The molecule has 0 aromatic heterocycles. The molecule has 2 N–H and O–H groups in total. The lowest BCUT2D eigenvalue weighted by Gasteiger charge is -2.14. The van der Waals surface area contributed by atoms with Crippen molar-refractivity contribution in [3.05, 3.63) is 65.5 Å². The van der Waals surface area contributed by atoms with Crippen molar-refractivity contribution >= 4 is 0 Å². The van der Waals surface area contributed by atoms with Crippen LogP contribution in [0.25, 0.3) is 0 Å². The summed E-state index contributed by atoms with van der Waals surface area (Å²) in [5, 5.41) is 0. The van der Waals surface area contributed by atoms with E-state index in [1.807, 2.05) is 30.3 Å². The number of nitrogens with two attached hydrogens (primary N) is 1. The molecule has 0 aliphatic heterocycles. The molecule has 2 rings (SSSR count). The summed E-state index contributed by atoms with van der Waals surface area (Å²) in [5.74, 6) is 0.185. The summed E-state index contributed by atoms with van der Waals surface area (Å²) in [6.07, 6.45) is 0. The van der Waals surface area contributed by atoms with Gasteiger partial charge < -0.3 is 10.5 Å². The fraction of sp³-hybridized carbons (Fsp3) is 0.200. The molecule has 0 saturated carbocycles. The molecular weight excluding hydrogens is 229 g/mol. The minimum absolute atomic E-state index is 0.324. The lowest BCUT2D eigenvalue weighted by molar-refractivity contribution is 0.299. The quantitative estimate of drug-likeness (QED) is 0.895. The average Bonchev–Trinajstić information content (AvgIpc) is 2.37. The molecule has 0 spiro atoms. The van der Waals surface area contributed by atoms with Crippen molar-refractivity contribution in [1.82, 2.24) is 0 Å². The molecule has 0 saturated heterocycles. The maximum atomic E-state index is 13.7. The smallest absolute Gasteiger partial charge is 0.131 e. The highest BCUT2D eigenvalue weighted by atomic mass is 19.1. The van der Waals surface area contributed by atoms with Crippen molar-refractivity contribution in [3.8, 4) is 5.75 Å².